The molecule has 0 heterocycles. The monoisotopic (exact) mass is 130 g/mol. The molecule has 2 heteroatoms. The van der Waals surface area contributed by atoms with Crippen LogP contribution in [-0.4, -0.2) is 19.8 Å². The van der Waals surface area contributed by atoms with Gasteiger partial charge in [0, 0.05) is 19.8 Å². The van der Waals surface area contributed by atoms with Crippen molar-refractivity contribution in [1.29, 1.82) is 0 Å². The van der Waals surface area contributed by atoms with E-state index in [2.05, 4.69) is 6.92 Å². The average molecular weight is 130 g/mol. The summed E-state index contributed by atoms with van der Waals surface area (Å²) in [6, 6.07) is 0. The number of nitrogens with one attached hydrogen (secondary N) is 1. The third-order valence-electron chi connectivity index (χ3n) is 1.06. The standard InChI is InChI=1S/C7H16NO/c1-2-6-9-7-4-3-5-8/h8H,2-7H2,1H3. The van der Waals surface area contributed by atoms with E-state index in [9.17, 15) is 0 Å². The first-order valence-electron chi connectivity index (χ1n) is 3.64. The molecule has 0 fully saturated rings. The molecule has 0 bridgehead atoms. The Bertz CT molecular complexity index is 42.2. The fraction of sp³-hybridized carbons (Fsp3) is 1.00. The summed E-state index contributed by atoms with van der Waals surface area (Å²) in [5.74, 6) is 0. The Morgan fingerprint density at radius 1 is 1.22 bits per heavy atom. The smallest absolute Gasteiger partial charge is 0.0466 e. The van der Waals surface area contributed by atoms with Crippen LogP contribution in [0.5, 0.6) is 0 Å². The second-order valence-electron chi connectivity index (χ2n) is 2.07. The van der Waals surface area contributed by atoms with Crippen LogP contribution >= 0.6 is 0 Å². The normalized spacial score (nSPS) is 10.0. The summed E-state index contributed by atoms with van der Waals surface area (Å²) < 4.78 is 5.20. The molecule has 0 atom stereocenters. The van der Waals surface area contributed by atoms with Crippen LogP contribution in [0.15, 0.2) is 0 Å². The summed E-state index contributed by atoms with van der Waals surface area (Å²) in [4.78, 5) is 0. The molecule has 0 saturated carbocycles. The van der Waals surface area contributed by atoms with Gasteiger partial charge in [-0.25, -0.2) is 0 Å². The largest absolute Gasteiger partial charge is 0.381 e. The predicted octanol–water partition coefficient (Wildman–Crippen LogP) is 1.48. The summed E-state index contributed by atoms with van der Waals surface area (Å²) >= 11 is 0. The summed E-state index contributed by atoms with van der Waals surface area (Å²) in [5, 5.41) is 0. The predicted molar refractivity (Wildman–Crippen MR) is 38.3 cm³/mol. The Balaban J connectivity index is 2.60. The van der Waals surface area contributed by atoms with Gasteiger partial charge in [0.1, 0.15) is 0 Å². The molecule has 9 heavy (non-hydrogen) atoms. The molecule has 0 rings (SSSR count). The van der Waals surface area contributed by atoms with Crippen LogP contribution in [0.2, 0.25) is 0 Å². The van der Waals surface area contributed by atoms with E-state index in [1.165, 1.54) is 0 Å². The molecule has 0 spiro atoms. The van der Waals surface area contributed by atoms with Gasteiger partial charge >= 0.3 is 0 Å². The van der Waals surface area contributed by atoms with Crippen LogP contribution in [-0.2, 0) is 4.74 Å². The minimum atomic E-state index is 0.537. The number of hydrogen-bond acceptors (Lipinski definition) is 1. The zero-order valence-corrected chi connectivity index (χ0v) is 6.15. The first-order chi connectivity index (χ1) is 4.41. The second kappa shape index (κ2) is 7.92. The Hall–Kier alpha value is -0.0800. The Kier molecular flexibility index (Phi) is 7.85. The summed E-state index contributed by atoms with van der Waals surface area (Å²) in [5.41, 5.74) is 6.83. The zero-order chi connectivity index (χ0) is 6.95. The van der Waals surface area contributed by atoms with Crippen molar-refractivity contribution in [3.8, 4) is 0 Å². The van der Waals surface area contributed by atoms with Crippen molar-refractivity contribution in [2.75, 3.05) is 19.8 Å². The van der Waals surface area contributed by atoms with Crippen LogP contribution < -0.4 is 5.73 Å². The summed E-state index contributed by atoms with van der Waals surface area (Å²) in [7, 11) is 0. The molecule has 2 nitrogen and oxygen atoms in total. The molecule has 55 valence electrons. The highest BCUT2D eigenvalue weighted by atomic mass is 16.5. The molecule has 0 aliphatic carbocycles. The lowest BCUT2D eigenvalue weighted by molar-refractivity contribution is 0.131. The summed E-state index contributed by atoms with van der Waals surface area (Å²) in [6.45, 7) is 4.35. The van der Waals surface area contributed by atoms with Gasteiger partial charge in [-0.15, -0.1) is 0 Å². The third-order valence-corrected chi connectivity index (χ3v) is 1.06. The second-order valence-corrected chi connectivity index (χ2v) is 2.07. The highest BCUT2D eigenvalue weighted by Crippen LogP contribution is 1.88. The lowest BCUT2D eigenvalue weighted by atomic mass is 10.3. The van der Waals surface area contributed by atoms with Gasteiger partial charge in [0.25, 0.3) is 0 Å². The molecule has 0 amide bonds. The van der Waals surface area contributed by atoms with Crippen molar-refractivity contribution >= 4 is 0 Å². The van der Waals surface area contributed by atoms with Gasteiger partial charge < -0.3 is 4.74 Å². The van der Waals surface area contributed by atoms with Gasteiger partial charge in [-0.2, -0.15) is 0 Å². The molecular formula is C7H16NO. The quantitative estimate of drug-likeness (QED) is 0.501. The molecule has 1 radical (unpaired) electrons. The SMILES string of the molecule is CCCOCCCC[NH]. The van der Waals surface area contributed by atoms with Gasteiger partial charge in [-0.3, -0.25) is 5.73 Å². The van der Waals surface area contributed by atoms with E-state index in [1.54, 1.807) is 0 Å². The first kappa shape index (κ1) is 8.92. The maximum atomic E-state index is 6.83. The van der Waals surface area contributed by atoms with Crippen LogP contribution in [0.4, 0.5) is 0 Å². The van der Waals surface area contributed by atoms with Gasteiger partial charge in [0.2, 0.25) is 0 Å². The van der Waals surface area contributed by atoms with Gasteiger partial charge in [-0.05, 0) is 19.3 Å². The number of ether oxygens (including phenoxy) is 1. The molecule has 0 aromatic heterocycles. The number of hydrogen-bond donors (Lipinski definition) is 0. The van der Waals surface area contributed by atoms with Gasteiger partial charge in [0.15, 0.2) is 0 Å². The first-order valence-corrected chi connectivity index (χ1v) is 3.64. The minimum Gasteiger partial charge on any atom is -0.381 e. The van der Waals surface area contributed by atoms with E-state index in [1.807, 2.05) is 0 Å². The highest BCUT2D eigenvalue weighted by Gasteiger charge is 1.85. The Morgan fingerprint density at radius 2 is 2.00 bits per heavy atom. The van der Waals surface area contributed by atoms with Crippen LogP contribution in [0.25, 0.3) is 0 Å². The van der Waals surface area contributed by atoms with Crippen LogP contribution in [0.1, 0.15) is 26.2 Å². The van der Waals surface area contributed by atoms with Crippen LogP contribution in [0.3, 0.4) is 0 Å². The lowest BCUT2D eigenvalue weighted by Gasteiger charge is -1.99. The fourth-order valence-corrected chi connectivity index (χ4v) is 0.576. The van der Waals surface area contributed by atoms with Crippen molar-refractivity contribution in [3.63, 3.8) is 0 Å². The maximum absolute atomic E-state index is 6.83. The van der Waals surface area contributed by atoms with Crippen molar-refractivity contribution in [2.45, 2.75) is 26.2 Å². The van der Waals surface area contributed by atoms with Crippen molar-refractivity contribution in [3.05, 3.63) is 0 Å². The van der Waals surface area contributed by atoms with Crippen molar-refractivity contribution in [2.24, 2.45) is 0 Å². The van der Waals surface area contributed by atoms with Gasteiger partial charge in [-0.1, -0.05) is 6.92 Å². The molecule has 0 unspecified atom stereocenters. The average Bonchev–Trinajstić information content (AvgIpc) is 1.89. The van der Waals surface area contributed by atoms with E-state index < -0.39 is 0 Å². The maximum Gasteiger partial charge on any atom is 0.0466 e. The molecule has 1 N–H and O–H groups in total. The fourth-order valence-electron chi connectivity index (χ4n) is 0.576. The van der Waals surface area contributed by atoms with Gasteiger partial charge in [0.05, 0.1) is 0 Å². The number of unbranched alkanes of at least 4 members (excludes halogenated alkanes) is 1. The molecule has 0 aromatic carbocycles. The van der Waals surface area contributed by atoms with Crippen LogP contribution in [0, 0.1) is 0 Å². The number of rotatable bonds is 6. The Labute approximate surface area is 57.4 Å². The zero-order valence-electron chi connectivity index (χ0n) is 6.15. The molecule has 0 aliphatic rings. The topological polar surface area (TPSA) is 33.0 Å². The van der Waals surface area contributed by atoms with E-state index in [4.69, 9.17) is 10.5 Å². The Morgan fingerprint density at radius 3 is 2.56 bits per heavy atom. The van der Waals surface area contributed by atoms with Crippen molar-refractivity contribution in [1.82, 2.24) is 5.73 Å². The third kappa shape index (κ3) is 7.92. The van der Waals surface area contributed by atoms with E-state index in [0.717, 1.165) is 32.5 Å². The molecular weight excluding hydrogens is 114 g/mol. The van der Waals surface area contributed by atoms with E-state index in [-0.39, 0.29) is 0 Å². The lowest BCUT2D eigenvalue weighted by Crippen LogP contribution is -1.96. The van der Waals surface area contributed by atoms with Crippen molar-refractivity contribution < 1.29 is 4.74 Å². The molecule has 0 aromatic rings. The highest BCUT2D eigenvalue weighted by molar-refractivity contribution is 4.37. The van der Waals surface area contributed by atoms with E-state index in [0.29, 0.717) is 6.54 Å². The molecule has 0 saturated heterocycles. The van der Waals surface area contributed by atoms with E-state index >= 15 is 0 Å². The molecule has 0 aliphatic heterocycles. The minimum absolute atomic E-state index is 0.537. The summed E-state index contributed by atoms with van der Waals surface area (Å²) in [6.07, 6.45) is 3.12.